The van der Waals surface area contributed by atoms with E-state index in [4.69, 9.17) is 4.74 Å². The Balaban J connectivity index is 1.67. The van der Waals surface area contributed by atoms with E-state index in [-0.39, 0.29) is 5.91 Å². The first-order valence-electron chi connectivity index (χ1n) is 7.61. The number of fused-ring (bicyclic) bond motifs is 1. The standard InChI is InChI=1S/C17H20N4O2/c1-3-13(4-2)12-23-16-10-14-11-20(8-9-21(14)19-16)17(22)15-6-5-7-18-15/h3-7,10,18H,1,8-9,11-12H2,2H3/b13-4+. The molecule has 120 valence electrons. The number of nitrogens with zero attached hydrogens (tertiary/aromatic N) is 3. The van der Waals surface area contributed by atoms with Crippen molar-refractivity contribution in [1.82, 2.24) is 19.7 Å². The van der Waals surface area contributed by atoms with Crippen LogP contribution in [-0.4, -0.2) is 38.7 Å². The molecular weight excluding hydrogens is 292 g/mol. The molecule has 0 radical (unpaired) electrons. The average Bonchev–Trinajstić information content (AvgIpc) is 3.23. The SMILES string of the molecule is C=C/C(=C\C)COc1cc2n(n1)CCN(C(=O)c1ccc[nH]1)C2. The molecule has 0 unspecified atom stereocenters. The minimum Gasteiger partial charge on any atom is -0.472 e. The molecule has 1 aliphatic heterocycles. The van der Waals surface area contributed by atoms with Gasteiger partial charge in [-0.2, -0.15) is 0 Å². The summed E-state index contributed by atoms with van der Waals surface area (Å²) in [5, 5.41) is 4.43. The van der Waals surface area contributed by atoms with E-state index in [9.17, 15) is 4.79 Å². The van der Waals surface area contributed by atoms with Gasteiger partial charge in [-0.25, -0.2) is 0 Å². The minimum absolute atomic E-state index is 0.00720. The van der Waals surface area contributed by atoms with Gasteiger partial charge in [-0.3, -0.25) is 9.48 Å². The number of H-pyrrole nitrogens is 1. The normalized spacial score (nSPS) is 14.5. The van der Waals surface area contributed by atoms with Gasteiger partial charge >= 0.3 is 0 Å². The first kappa shape index (κ1) is 15.1. The Morgan fingerprint density at radius 1 is 1.52 bits per heavy atom. The van der Waals surface area contributed by atoms with Gasteiger partial charge in [0.1, 0.15) is 12.3 Å². The second-order valence-corrected chi connectivity index (χ2v) is 5.36. The predicted molar refractivity (Wildman–Crippen MR) is 87.2 cm³/mol. The van der Waals surface area contributed by atoms with E-state index in [1.165, 1.54) is 0 Å². The zero-order chi connectivity index (χ0) is 16.2. The number of aromatic amines is 1. The summed E-state index contributed by atoms with van der Waals surface area (Å²) in [5.74, 6) is 0.586. The Labute approximate surface area is 135 Å². The number of ether oxygens (including phenoxy) is 1. The first-order valence-corrected chi connectivity index (χ1v) is 7.61. The number of rotatable bonds is 5. The number of carbonyl (C=O) groups is 1. The Morgan fingerprint density at radius 3 is 3.09 bits per heavy atom. The number of aromatic nitrogens is 3. The molecule has 6 nitrogen and oxygen atoms in total. The zero-order valence-electron chi connectivity index (χ0n) is 13.2. The maximum absolute atomic E-state index is 12.4. The molecule has 0 aromatic carbocycles. The van der Waals surface area contributed by atoms with Crippen LogP contribution in [0.2, 0.25) is 0 Å². The molecule has 3 rings (SSSR count). The maximum atomic E-state index is 12.4. The van der Waals surface area contributed by atoms with Crippen molar-refractivity contribution in [2.45, 2.75) is 20.0 Å². The van der Waals surface area contributed by atoms with Crippen molar-refractivity contribution in [1.29, 1.82) is 0 Å². The van der Waals surface area contributed by atoms with E-state index < -0.39 is 0 Å². The predicted octanol–water partition coefficient (Wildman–Crippen LogP) is 2.38. The highest BCUT2D eigenvalue weighted by Crippen LogP contribution is 2.19. The van der Waals surface area contributed by atoms with Gasteiger partial charge in [0, 0.05) is 18.8 Å². The zero-order valence-corrected chi connectivity index (χ0v) is 13.2. The van der Waals surface area contributed by atoms with Crippen LogP contribution in [0.3, 0.4) is 0 Å². The third-order valence-electron chi connectivity index (χ3n) is 3.91. The van der Waals surface area contributed by atoms with Crippen molar-refractivity contribution in [3.05, 3.63) is 60.1 Å². The van der Waals surface area contributed by atoms with Crippen molar-refractivity contribution in [2.75, 3.05) is 13.2 Å². The molecule has 0 atom stereocenters. The smallest absolute Gasteiger partial charge is 0.270 e. The quantitative estimate of drug-likeness (QED) is 0.862. The van der Waals surface area contributed by atoms with Gasteiger partial charge in [0.25, 0.3) is 5.91 Å². The fourth-order valence-corrected chi connectivity index (χ4v) is 2.53. The topological polar surface area (TPSA) is 63.1 Å². The van der Waals surface area contributed by atoms with E-state index in [0.717, 1.165) is 11.3 Å². The molecule has 2 aromatic heterocycles. The molecule has 0 bridgehead atoms. The van der Waals surface area contributed by atoms with Gasteiger partial charge in [-0.15, -0.1) is 5.10 Å². The Hall–Kier alpha value is -2.76. The van der Waals surface area contributed by atoms with E-state index in [1.54, 1.807) is 18.3 Å². The van der Waals surface area contributed by atoms with Crippen molar-refractivity contribution in [3.63, 3.8) is 0 Å². The lowest BCUT2D eigenvalue weighted by Crippen LogP contribution is -2.38. The van der Waals surface area contributed by atoms with Crippen molar-refractivity contribution < 1.29 is 9.53 Å². The summed E-state index contributed by atoms with van der Waals surface area (Å²) in [6.45, 7) is 7.98. The van der Waals surface area contributed by atoms with Gasteiger partial charge in [0.05, 0.1) is 18.8 Å². The van der Waals surface area contributed by atoms with Crippen LogP contribution in [0, 0.1) is 0 Å². The number of amides is 1. The second-order valence-electron chi connectivity index (χ2n) is 5.36. The number of carbonyl (C=O) groups excluding carboxylic acids is 1. The number of nitrogens with one attached hydrogen (secondary N) is 1. The van der Waals surface area contributed by atoms with E-state index in [1.807, 2.05) is 34.7 Å². The monoisotopic (exact) mass is 312 g/mol. The summed E-state index contributed by atoms with van der Waals surface area (Å²) in [6.07, 6.45) is 5.48. The molecule has 0 saturated carbocycles. The van der Waals surface area contributed by atoms with Crippen LogP contribution in [0.15, 0.2) is 48.7 Å². The van der Waals surface area contributed by atoms with Crippen LogP contribution in [-0.2, 0) is 13.1 Å². The van der Waals surface area contributed by atoms with Gasteiger partial charge in [0.2, 0.25) is 5.88 Å². The summed E-state index contributed by atoms with van der Waals surface area (Å²) >= 11 is 0. The highest BCUT2D eigenvalue weighted by molar-refractivity contribution is 5.92. The fourth-order valence-electron chi connectivity index (χ4n) is 2.53. The molecule has 1 amide bonds. The lowest BCUT2D eigenvalue weighted by atomic mass is 10.2. The van der Waals surface area contributed by atoms with Crippen LogP contribution in [0.4, 0.5) is 0 Å². The lowest BCUT2D eigenvalue weighted by molar-refractivity contribution is 0.0700. The van der Waals surface area contributed by atoms with Crippen molar-refractivity contribution >= 4 is 5.91 Å². The summed E-state index contributed by atoms with van der Waals surface area (Å²) in [6, 6.07) is 5.51. The van der Waals surface area contributed by atoms with Crippen LogP contribution >= 0.6 is 0 Å². The summed E-state index contributed by atoms with van der Waals surface area (Å²) < 4.78 is 7.59. The van der Waals surface area contributed by atoms with Gasteiger partial charge in [-0.05, 0) is 24.6 Å². The molecule has 1 aliphatic rings. The molecule has 0 saturated heterocycles. The van der Waals surface area contributed by atoms with Crippen molar-refractivity contribution in [2.24, 2.45) is 0 Å². The van der Waals surface area contributed by atoms with Gasteiger partial charge in [-0.1, -0.05) is 18.7 Å². The molecule has 0 fully saturated rings. The molecular formula is C17H20N4O2. The van der Waals surface area contributed by atoms with Crippen LogP contribution in [0.5, 0.6) is 5.88 Å². The maximum Gasteiger partial charge on any atom is 0.270 e. The third kappa shape index (κ3) is 3.21. The minimum atomic E-state index is 0.00720. The molecule has 3 heterocycles. The summed E-state index contributed by atoms with van der Waals surface area (Å²) in [4.78, 5) is 17.2. The largest absolute Gasteiger partial charge is 0.472 e. The Kier molecular flexibility index (Phi) is 4.32. The summed E-state index contributed by atoms with van der Waals surface area (Å²) in [5.41, 5.74) is 2.60. The van der Waals surface area contributed by atoms with Crippen LogP contribution < -0.4 is 4.74 Å². The molecule has 1 N–H and O–H groups in total. The molecule has 0 spiro atoms. The number of allylic oxidation sites excluding steroid dienone is 1. The van der Waals surface area contributed by atoms with Crippen LogP contribution in [0.25, 0.3) is 0 Å². The molecule has 23 heavy (non-hydrogen) atoms. The van der Waals surface area contributed by atoms with Gasteiger partial charge in [0.15, 0.2) is 0 Å². The average molecular weight is 312 g/mol. The number of hydrogen-bond acceptors (Lipinski definition) is 3. The highest BCUT2D eigenvalue weighted by Gasteiger charge is 2.24. The Bertz CT molecular complexity index is 728. The lowest BCUT2D eigenvalue weighted by Gasteiger charge is -2.27. The molecule has 0 aliphatic carbocycles. The van der Waals surface area contributed by atoms with Gasteiger partial charge < -0.3 is 14.6 Å². The highest BCUT2D eigenvalue weighted by atomic mass is 16.5. The first-order chi connectivity index (χ1) is 11.2. The second kappa shape index (κ2) is 6.56. The summed E-state index contributed by atoms with van der Waals surface area (Å²) in [7, 11) is 0. The fraction of sp³-hybridized carbons (Fsp3) is 0.294. The third-order valence-corrected chi connectivity index (χ3v) is 3.91. The van der Waals surface area contributed by atoms with E-state index in [0.29, 0.717) is 37.8 Å². The van der Waals surface area contributed by atoms with Crippen molar-refractivity contribution in [3.8, 4) is 5.88 Å². The molecule has 6 heteroatoms. The molecule has 2 aromatic rings. The van der Waals surface area contributed by atoms with E-state index in [2.05, 4.69) is 16.7 Å². The van der Waals surface area contributed by atoms with E-state index >= 15 is 0 Å². The Morgan fingerprint density at radius 2 is 2.39 bits per heavy atom. The van der Waals surface area contributed by atoms with Crippen LogP contribution in [0.1, 0.15) is 23.1 Å². The number of hydrogen-bond donors (Lipinski definition) is 1.